The molecule has 1 aliphatic rings. The van der Waals surface area contributed by atoms with Crippen LogP contribution in [0.15, 0.2) is 12.2 Å². The summed E-state index contributed by atoms with van der Waals surface area (Å²) in [4.78, 5) is 25.5. The van der Waals surface area contributed by atoms with E-state index in [-0.39, 0.29) is 18.4 Å². The second-order valence-electron chi connectivity index (χ2n) is 4.46. The average Bonchev–Trinajstić information content (AvgIpc) is 2.22. The summed E-state index contributed by atoms with van der Waals surface area (Å²) in [7, 11) is 0. The molecular weight excluding hydrogens is 204 g/mol. The minimum Gasteiger partial charge on any atom is -0.340 e. The summed E-state index contributed by atoms with van der Waals surface area (Å²) in [5.74, 6) is -0.0651. The Morgan fingerprint density at radius 1 is 1.44 bits per heavy atom. The first-order valence-corrected chi connectivity index (χ1v) is 5.70. The van der Waals surface area contributed by atoms with Gasteiger partial charge in [-0.2, -0.15) is 0 Å². The second kappa shape index (κ2) is 4.68. The van der Waals surface area contributed by atoms with Gasteiger partial charge in [0.05, 0.1) is 6.54 Å². The molecule has 1 N–H and O–H groups in total. The van der Waals surface area contributed by atoms with Gasteiger partial charge in [0.2, 0.25) is 11.8 Å². The Kier molecular flexibility index (Phi) is 3.73. The van der Waals surface area contributed by atoms with Gasteiger partial charge in [0.1, 0.15) is 5.54 Å². The predicted octanol–water partition coefficient (Wildman–Crippen LogP) is 1.08. The van der Waals surface area contributed by atoms with Crippen molar-refractivity contribution in [2.24, 2.45) is 0 Å². The molecule has 2 amide bonds. The van der Waals surface area contributed by atoms with Gasteiger partial charge in [-0.25, -0.2) is 0 Å². The van der Waals surface area contributed by atoms with Crippen LogP contribution >= 0.6 is 0 Å². The normalized spacial score (nSPS) is 19.6. The van der Waals surface area contributed by atoms with Gasteiger partial charge in [-0.1, -0.05) is 26.0 Å². The zero-order valence-electron chi connectivity index (χ0n) is 10.3. The molecule has 90 valence electrons. The molecule has 0 aromatic heterocycles. The quantitative estimate of drug-likeness (QED) is 0.726. The average molecular weight is 224 g/mol. The van der Waals surface area contributed by atoms with Gasteiger partial charge in [-0.15, -0.1) is 0 Å². The summed E-state index contributed by atoms with van der Waals surface area (Å²) in [6.07, 6.45) is 1.25. The van der Waals surface area contributed by atoms with Crippen LogP contribution in [-0.2, 0) is 9.59 Å². The zero-order chi connectivity index (χ0) is 12.3. The van der Waals surface area contributed by atoms with Gasteiger partial charge >= 0.3 is 0 Å². The monoisotopic (exact) mass is 224 g/mol. The minimum absolute atomic E-state index is 0.0140. The fourth-order valence-electron chi connectivity index (χ4n) is 2.09. The van der Waals surface area contributed by atoms with E-state index in [0.29, 0.717) is 19.4 Å². The number of piperazine rings is 1. The van der Waals surface area contributed by atoms with Crippen molar-refractivity contribution < 1.29 is 9.59 Å². The highest BCUT2D eigenvalue weighted by Gasteiger charge is 2.43. The molecule has 0 bridgehead atoms. The zero-order valence-corrected chi connectivity index (χ0v) is 10.3. The molecule has 0 radical (unpaired) electrons. The lowest BCUT2D eigenvalue weighted by atomic mass is 9.89. The third-order valence-corrected chi connectivity index (χ3v) is 3.08. The smallest absolute Gasteiger partial charge is 0.249 e. The van der Waals surface area contributed by atoms with Crippen LogP contribution in [0.3, 0.4) is 0 Å². The Morgan fingerprint density at radius 3 is 2.44 bits per heavy atom. The van der Waals surface area contributed by atoms with Crippen LogP contribution in [0.5, 0.6) is 0 Å². The molecule has 16 heavy (non-hydrogen) atoms. The molecule has 1 aliphatic heterocycles. The van der Waals surface area contributed by atoms with Crippen molar-refractivity contribution in [1.82, 2.24) is 10.2 Å². The lowest BCUT2D eigenvalue weighted by Crippen LogP contribution is -2.66. The molecule has 4 nitrogen and oxygen atoms in total. The maximum Gasteiger partial charge on any atom is 0.249 e. The molecule has 4 heteroatoms. The predicted molar refractivity (Wildman–Crippen MR) is 62.8 cm³/mol. The van der Waals surface area contributed by atoms with Gasteiger partial charge in [-0.3, -0.25) is 9.59 Å². The highest BCUT2D eigenvalue weighted by molar-refractivity contribution is 5.98. The third kappa shape index (κ3) is 2.26. The van der Waals surface area contributed by atoms with Crippen LogP contribution in [0.4, 0.5) is 0 Å². The van der Waals surface area contributed by atoms with Crippen LogP contribution in [0.1, 0.15) is 33.6 Å². The lowest BCUT2D eigenvalue weighted by Gasteiger charge is -2.41. The molecule has 0 aliphatic carbocycles. The molecule has 1 rings (SSSR count). The molecule has 0 aromatic rings. The first kappa shape index (κ1) is 12.7. The molecule has 1 fully saturated rings. The number of nitrogens with one attached hydrogen (secondary N) is 1. The Hall–Kier alpha value is -1.32. The van der Waals surface area contributed by atoms with E-state index >= 15 is 0 Å². The molecule has 0 spiro atoms. The molecule has 0 saturated carbocycles. The van der Waals surface area contributed by atoms with Gasteiger partial charge in [0.25, 0.3) is 0 Å². The van der Waals surface area contributed by atoms with E-state index in [4.69, 9.17) is 0 Å². The summed E-state index contributed by atoms with van der Waals surface area (Å²) < 4.78 is 0. The van der Waals surface area contributed by atoms with Crippen molar-refractivity contribution in [3.63, 3.8) is 0 Å². The Morgan fingerprint density at radius 2 is 2.00 bits per heavy atom. The first-order valence-electron chi connectivity index (χ1n) is 5.70. The summed E-state index contributed by atoms with van der Waals surface area (Å²) in [5.41, 5.74) is 0.189. The number of hydrogen-bond acceptors (Lipinski definition) is 2. The van der Waals surface area contributed by atoms with E-state index in [0.717, 1.165) is 5.57 Å². The maximum atomic E-state index is 12.3. The second-order valence-corrected chi connectivity index (χ2v) is 4.46. The van der Waals surface area contributed by atoms with Crippen LogP contribution in [0, 0.1) is 0 Å². The number of carbonyl (C=O) groups is 2. The SMILES string of the molecule is C=C(C)CN1CC(=O)NC(CC)(CC)C1=O. The van der Waals surface area contributed by atoms with Crippen molar-refractivity contribution >= 4 is 11.8 Å². The van der Waals surface area contributed by atoms with Gasteiger partial charge in [-0.05, 0) is 19.8 Å². The van der Waals surface area contributed by atoms with E-state index in [1.54, 1.807) is 4.90 Å². The largest absolute Gasteiger partial charge is 0.340 e. The molecule has 0 atom stereocenters. The molecular formula is C12H20N2O2. The first-order chi connectivity index (χ1) is 7.45. The summed E-state index contributed by atoms with van der Waals surface area (Å²) in [6, 6.07) is 0. The van der Waals surface area contributed by atoms with E-state index in [1.165, 1.54) is 0 Å². The van der Waals surface area contributed by atoms with E-state index in [2.05, 4.69) is 11.9 Å². The van der Waals surface area contributed by atoms with Crippen molar-refractivity contribution in [3.8, 4) is 0 Å². The molecule has 0 aromatic carbocycles. The van der Waals surface area contributed by atoms with Crippen molar-refractivity contribution in [3.05, 3.63) is 12.2 Å². The summed E-state index contributed by atoms with van der Waals surface area (Å²) in [6.45, 7) is 10.1. The van der Waals surface area contributed by atoms with E-state index < -0.39 is 5.54 Å². The number of hydrogen-bond donors (Lipinski definition) is 1. The van der Waals surface area contributed by atoms with Crippen LogP contribution < -0.4 is 5.32 Å². The van der Waals surface area contributed by atoms with E-state index in [1.807, 2.05) is 20.8 Å². The number of rotatable bonds is 4. The van der Waals surface area contributed by atoms with Crippen molar-refractivity contribution in [2.75, 3.05) is 13.1 Å². The number of nitrogens with zero attached hydrogens (tertiary/aromatic N) is 1. The van der Waals surface area contributed by atoms with Crippen LogP contribution in [0.2, 0.25) is 0 Å². The summed E-state index contributed by atoms with van der Waals surface area (Å²) in [5, 5.41) is 2.82. The highest BCUT2D eigenvalue weighted by Crippen LogP contribution is 2.22. The molecule has 1 saturated heterocycles. The topological polar surface area (TPSA) is 49.4 Å². The van der Waals surface area contributed by atoms with Crippen molar-refractivity contribution in [1.29, 1.82) is 0 Å². The lowest BCUT2D eigenvalue weighted by molar-refractivity contribution is -0.149. The van der Waals surface area contributed by atoms with Gasteiger partial charge in [0, 0.05) is 6.54 Å². The van der Waals surface area contributed by atoms with Gasteiger partial charge < -0.3 is 10.2 Å². The Labute approximate surface area is 96.7 Å². The van der Waals surface area contributed by atoms with E-state index in [9.17, 15) is 9.59 Å². The van der Waals surface area contributed by atoms with Crippen molar-refractivity contribution in [2.45, 2.75) is 39.2 Å². The number of amides is 2. The maximum absolute atomic E-state index is 12.3. The Bertz CT molecular complexity index is 317. The fourth-order valence-corrected chi connectivity index (χ4v) is 2.09. The van der Waals surface area contributed by atoms with Crippen LogP contribution in [0.25, 0.3) is 0 Å². The number of carbonyl (C=O) groups excluding carboxylic acids is 2. The van der Waals surface area contributed by atoms with Crippen LogP contribution in [-0.4, -0.2) is 35.3 Å². The Balaban J connectivity index is 2.93. The van der Waals surface area contributed by atoms with Gasteiger partial charge in [0.15, 0.2) is 0 Å². The third-order valence-electron chi connectivity index (χ3n) is 3.08. The summed E-state index contributed by atoms with van der Waals surface area (Å²) >= 11 is 0. The standard InChI is InChI=1S/C12H20N2O2/c1-5-12(6-2)11(16)14(7-9(3)4)8-10(15)13-12/h3,5-8H2,1-2,4H3,(H,13,15). The highest BCUT2D eigenvalue weighted by atomic mass is 16.2. The minimum atomic E-state index is -0.704. The molecule has 0 unspecified atom stereocenters. The molecule has 1 heterocycles. The fraction of sp³-hybridized carbons (Fsp3) is 0.667.